The molecule has 0 aliphatic rings. The zero-order valence-corrected chi connectivity index (χ0v) is 16.7. The second-order valence-electron chi connectivity index (χ2n) is 6.07. The van der Waals surface area contributed by atoms with Gasteiger partial charge in [-0.3, -0.25) is 5.01 Å². The SMILES string of the molecule is C=CN(C=C)NCN(/N=C(\CC)c1ccc(F)cc1)c1cc(C)ccc1OC. The fraction of sp³-hybridized carbons (Fsp3) is 0.227. The van der Waals surface area contributed by atoms with Gasteiger partial charge in [0.2, 0.25) is 0 Å². The number of aryl methyl sites for hydroxylation is 1. The van der Waals surface area contributed by atoms with Crippen molar-refractivity contribution in [2.45, 2.75) is 20.3 Å². The predicted molar refractivity (Wildman–Crippen MR) is 114 cm³/mol. The number of methoxy groups -OCH3 is 1. The Hall–Kier alpha value is -3.12. The summed E-state index contributed by atoms with van der Waals surface area (Å²) >= 11 is 0. The Bertz CT molecular complexity index is 825. The fourth-order valence-electron chi connectivity index (χ4n) is 2.65. The Morgan fingerprint density at radius 1 is 1.18 bits per heavy atom. The largest absolute Gasteiger partial charge is 0.495 e. The van der Waals surface area contributed by atoms with Crippen LogP contribution in [0.2, 0.25) is 0 Å². The molecule has 0 bridgehead atoms. The molecule has 0 spiro atoms. The molecule has 0 amide bonds. The van der Waals surface area contributed by atoms with Crippen molar-refractivity contribution in [3.05, 3.63) is 85.0 Å². The number of nitrogens with one attached hydrogen (secondary N) is 1. The summed E-state index contributed by atoms with van der Waals surface area (Å²) in [5.41, 5.74) is 6.77. The molecule has 0 fully saturated rings. The van der Waals surface area contributed by atoms with Crippen molar-refractivity contribution in [3.8, 4) is 5.75 Å². The Balaban J connectivity index is 2.47. The van der Waals surface area contributed by atoms with Crippen LogP contribution in [0.3, 0.4) is 0 Å². The minimum absolute atomic E-state index is 0.273. The van der Waals surface area contributed by atoms with E-state index < -0.39 is 0 Å². The molecule has 5 nitrogen and oxygen atoms in total. The lowest BCUT2D eigenvalue weighted by Crippen LogP contribution is -2.38. The molecule has 28 heavy (non-hydrogen) atoms. The molecule has 0 aliphatic carbocycles. The first-order chi connectivity index (χ1) is 13.5. The normalized spacial score (nSPS) is 11.1. The van der Waals surface area contributed by atoms with Gasteiger partial charge in [0.25, 0.3) is 0 Å². The molecule has 2 aromatic carbocycles. The molecular formula is C22H27FN4O. The van der Waals surface area contributed by atoms with Gasteiger partial charge in [0.1, 0.15) is 23.9 Å². The molecule has 0 saturated heterocycles. The van der Waals surface area contributed by atoms with Gasteiger partial charge in [0.15, 0.2) is 0 Å². The molecule has 6 heteroatoms. The van der Waals surface area contributed by atoms with E-state index in [9.17, 15) is 4.39 Å². The Morgan fingerprint density at radius 3 is 2.43 bits per heavy atom. The topological polar surface area (TPSA) is 40.1 Å². The standard InChI is InChI=1S/C22H27FN4O/c1-6-20(18-10-12-19(23)13-11-18)25-27(16-24-26(7-2)8-3)21-15-17(4)9-14-22(21)28-5/h7-15,24H,2-3,6,16H2,1,4-5H3/b25-20+. The summed E-state index contributed by atoms with van der Waals surface area (Å²) < 4.78 is 18.8. The van der Waals surface area contributed by atoms with E-state index in [-0.39, 0.29) is 5.82 Å². The molecule has 148 valence electrons. The number of hydrogen-bond acceptors (Lipinski definition) is 5. The van der Waals surface area contributed by atoms with Crippen LogP contribution < -0.4 is 15.2 Å². The minimum Gasteiger partial charge on any atom is -0.495 e. The molecule has 0 radical (unpaired) electrons. The molecule has 0 atom stereocenters. The van der Waals surface area contributed by atoms with Crippen molar-refractivity contribution < 1.29 is 9.13 Å². The first kappa shape index (κ1) is 21.2. The third-order valence-corrected chi connectivity index (χ3v) is 4.16. The quantitative estimate of drug-likeness (QED) is 0.363. The lowest BCUT2D eigenvalue weighted by molar-refractivity contribution is 0.363. The number of nitrogens with zero attached hydrogens (tertiary/aromatic N) is 3. The molecule has 2 aromatic rings. The zero-order valence-electron chi connectivity index (χ0n) is 16.7. The van der Waals surface area contributed by atoms with Crippen LogP contribution in [0, 0.1) is 12.7 Å². The number of ether oxygens (including phenoxy) is 1. The minimum atomic E-state index is -0.273. The number of hydrazine groups is 1. The number of anilines is 1. The van der Waals surface area contributed by atoms with Gasteiger partial charge in [-0.25, -0.2) is 14.8 Å². The molecule has 0 aromatic heterocycles. The Morgan fingerprint density at radius 2 is 1.86 bits per heavy atom. The molecule has 0 unspecified atom stereocenters. The van der Waals surface area contributed by atoms with E-state index >= 15 is 0 Å². The van der Waals surface area contributed by atoms with Gasteiger partial charge < -0.3 is 4.74 Å². The van der Waals surface area contributed by atoms with Crippen LogP contribution in [0.1, 0.15) is 24.5 Å². The fourth-order valence-corrected chi connectivity index (χ4v) is 2.65. The van der Waals surface area contributed by atoms with Gasteiger partial charge in [0, 0.05) is 12.4 Å². The smallest absolute Gasteiger partial charge is 0.144 e. The maximum Gasteiger partial charge on any atom is 0.144 e. The van der Waals surface area contributed by atoms with E-state index in [1.165, 1.54) is 12.1 Å². The summed E-state index contributed by atoms with van der Waals surface area (Å²) in [5, 5.41) is 8.31. The van der Waals surface area contributed by atoms with Crippen LogP contribution in [0.25, 0.3) is 0 Å². The van der Waals surface area contributed by atoms with E-state index in [0.29, 0.717) is 18.8 Å². The van der Waals surface area contributed by atoms with Crippen molar-refractivity contribution in [2.24, 2.45) is 5.10 Å². The molecule has 1 N–H and O–H groups in total. The second-order valence-corrected chi connectivity index (χ2v) is 6.07. The van der Waals surface area contributed by atoms with Crippen LogP contribution in [0.15, 0.2) is 73.1 Å². The van der Waals surface area contributed by atoms with E-state index in [2.05, 4.69) is 18.6 Å². The summed E-state index contributed by atoms with van der Waals surface area (Å²) in [7, 11) is 1.63. The maximum atomic E-state index is 13.3. The molecule has 0 aliphatic heterocycles. The van der Waals surface area contributed by atoms with Crippen molar-refractivity contribution in [1.29, 1.82) is 0 Å². The third-order valence-electron chi connectivity index (χ3n) is 4.16. The summed E-state index contributed by atoms with van der Waals surface area (Å²) in [4.78, 5) is 0. The summed E-state index contributed by atoms with van der Waals surface area (Å²) in [6, 6.07) is 12.2. The highest BCUT2D eigenvalue weighted by atomic mass is 19.1. The van der Waals surface area contributed by atoms with Crippen LogP contribution >= 0.6 is 0 Å². The van der Waals surface area contributed by atoms with Gasteiger partial charge >= 0.3 is 0 Å². The number of rotatable bonds is 10. The van der Waals surface area contributed by atoms with Gasteiger partial charge in [-0.05, 0) is 48.7 Å². The lowest BCUT2D eigenvalue weighted by atomic mass is 10.1. The number of benzene rings is 2. The van der Waals surface area contributed by atoms with Gasteiger partial charge in [0.05, 0.1) is 12.8 Å². The lowest BCUT2D eigenvalue weighted by Gasteiger charge is -2.26. The highest BCUT2D eigenvalue weighted by molar-refractivity contribution is 6.00. The molecule has 0 heterocycles. The summed E-state index contributed by atoms with van der Waals surface area (Å²) in [6.07, 6.45) is 3.91. The van der Waals surface area contributed by atoms with E-state index in [0.717, 1.165) is 22.5 Å². The number of hydrogen-bond donors (Lipinski definition) is 1. The Labute approximate surface area is 166 Å². The van der Waals surface area contributed by atoms with E-state index in [1.807, 2.05) is 37.1 Å². The highest BCUT2D eigenvalue weighted by Crippen LogP contribution is 2.29. The zero-order chi connectivity index (χ0) is 20.5. The Kier molecular flexibility index (Phi) is 7.77. The van der Waals surface area contributed by atoms with Crippen molar-refractivity contribution in [3.63, 3.8) is 0 Å². The average Bonchev–Trinajstić information content (AvgIpc) is 2.71. The number of hydrazone groups is 1. The van der Waals surface area contributed by atoms with Gasteiger partial charge in [-0.15, -0.1) is 0 Å². The van der Waals surface area contributed by atoms with Crippen molar-refractivity contribution in [1.82, 2.24) is 10.4 Å². The third kappa shape index (κ3) is 5.44. The van der Waals surface area contributed by atoms with Crippen molar-refractivity contribution in [2.75, 3.05) is 18.8 Å². The van der Waals surface area contributed by atoms with E-state index in [4.69, 9.17) is 9.84 Å². The molecule has 2 rings (SSSR count). The van der Waals surface area contributed by atoms with Crippen LogP contribution in [0.5, 0.6) is 5.75 Å². The van der Waals surface area contributed by atoms with Crippen LogP contribution in [-0.2, 0) is 0 Å². The van der Waals surface area contributed by atoms with Crippen LogP contribution in [0.4, 0.5) is 10.1 Å². The second kappa shape index (κ2) is 10.3. The predicted octanol–water partition coefficient (Wildman–Crippen LogP) is 4.81. The number of halogens is 1. The summed E-state index contributed by atoms with van der Waals surface area (Å²) in [5.74, 6) is 0.431. The summed E-state index contributed by atoms with van der Waals surface area (Å²) in [6.45, 7) is 11.9. The monoisotopic (exact) mass is 382 g/mol. The van der Waals surface area contributed by atoms with Crippen molar-refractivity contribution >= 4 is 11.4 Å². The molecular weight excluding hydrogens is 355 g/mol. The van der Waals surface area contributed by atoms with Crippen LogP contribution in [-0.4, -0.2) is 24.5 Å². The maximum absolute atomic E-state index is 13.3. The first-order valence-corrected chi connectivity index (χ1v) is 9.04. The average molecular weight is 382 g/mol. The van der Waals surface area contributed by atoms with E-state index in [1.54, 1.807) is 36.7 Å². The van der Waals surface area contributed by atoms with Gasteiger partial charge in [-0.1, -0.05) is 38.3 Å². The highest BCUT2D eigenvalue weighted by Gasteiger charge is 2.14. The first-order valence-electron chi connectivity index (χ1n) is 9.04. The molecule has 0 saturated carbocycles. The van der Waals surface area contributed by atoms with Gasteiger partial charge in [-0.2, -0.15) is 5.10 Å².